The molecule has 0 radical (unpaired) electrons. The third-order valence-electron chi connectivity index (χ3n) is 3.29. The highest BCUT2D eigenvalue weighted by molar-refractivity contribution is 5.71. The normalized spacial score (nSPS) is 9.88. The first kappa shape index (κ1) is 18.0. The van der Waals surface area contributed by atoms with Crippen LogP contribution in [0, 0.1) is 40.1 Å². The summed E-state index contributed by atoms with van der Waals surface area (Å²) in [5.41, 5.74) is -2.62. The number of anilines is 2. The summed E-state index contributed by atoms with van der Waals surface area (Å²) in [5.74, 6) is -3.92. The van der Waals surface area contributed by atoms with Crippen LogP contribution in [0.4, 0.5) is 24.5 Å². The van der Waals surface area contributed by atoms with Gasteiger partial charge >= 0.3 is 0 Å². The minimum Gasteiger partial charge on any atom is -0.497 e. The molecule has 0 spiro atoms. The molecule has 0 heterocycles. The summed E-state index contributed by atoms with van der Waals surface area (Å²) in [6.45, 7) is 1.97. The molecule has 1 N–H and O–H groups in total. The first-order valence-electron chi connectivity index (χ1n) is 7.06. The molecule has 2 rings (SSSR count). The molecule has 128 valence electrons. The lowest BCUT2D eigenvalue weighted by molar-refractivity contribution is 0.338. The van der Waals surface area contributed by atoms with Crippen molar-refractivity contribution in [2.24, 2.45) is 0 Å². The lowest BCUT2D eigenvalue weighted by Gasteiger charge is -2.15. The van der Waals surface area contributed by atoms with E-state index in [9.17, 15) is 13.2 Å². The van der Waals surface area contributed by atoms with Crippen LogP contribution in [0.15, 0.2) is 18.2 Å². The van der Waals surface area contributed by atoms with Crippen molar-refractivity contribution in [3.63, 3.8) is 0 Å². The van der Waals surface area contributed by atoms with E-state index in [1.807, 2.05) is 0 Å². The minimum absolute atomic E-state index is 0.133. The second kappa shape index (κ2) is 7.45. The second-order valence-corrected chi connectivity index (χ2v) is 4.71. The molecule has 8 heteroatoms. The Bertz CT molecular complexity index is 902. The summed E-state index contributed by atoms with van der Waals surface area (Å²) < 4.78 is 52.9. The van der Waals surface area contributed by atoms with Crippen molar-refractivity contribution in [2.75, 3.05) is 19.0 Å². The zero-order valence-electron chi connectivity index (χ0n) is 13.3. The van der Waals surface area contributed by atoms with Gasteiger partial charge in [-0.15, -0.1) is 0 Å². The van der Waals surface area contributed by atoms with Gasteiger partial charge in [-0.25, -0.2) is 13.2 Å². The predicted molar refractivity (Wildman–Crippen MR) is 83.2 cm³/mol. The van der Waals surface area contributed by atoms with Crippen LogP contribution in [0.2, 0.25) is 0 Å². The van der Waals surface area contributed by atoms with Crippen molar-refractivity contribution in [1.29, 1.82) is 10.5 Å². The van der Waals surface area contributed by atoms with E-state index in [-0.39, 0.29) is 18.0 Å². The van der Waals surface area contributed by atoms with E-state index in [1.165, 1.54) is 37.4 Å². The number of hydrogen-bond acceptors (Lipinski definition) is 5. The SMILES string of the molecule is CCOc1cc(OC)ccc1Nc1c(F)c(F)c(C#N)c(C#N)c1F. The highest BCUT2D eigenvalue weighted by atomic mass is 19.2. The van der Waals surface area contributed by atoms with E-state index in [2.05, 4.69) is 5.32 Å². The Morgan fingerprint density at radius 3 is 2.24 bits per heavy atom. The van der Waals surface area contributed by atoms with Crippen LogP contribution in [-0.4, -0.2) is 13.7 Å². The van der Waals surface area contributed by atoms with Crippen LogP contribution in [-0.2, 0) is 0 Å². The van der Waals surface area contributed by atoms with E-state index < -0.39 is 34.3 Å². The molecule has 0 unspecified atom stereocenters. The Morgan fingerprint density at radius 2 is 1.68 bits per heavy atom. The summed E-state index contributed by atoms with van der Waals surface area (Å²) in [6, 6.07) is 7.07. The number of nitriles is 2. The maximum atomic E-state index is 14.4. The quantitative estimate of drug-likeness (QED) is 0.827. The number of nitrogens with zero attached hydrogens (tertiary/aromatic N) is 2. The van der Waals surface area contributed by atoms with Gasteiger partial charge < -0.3 is 14.8 Å². The number of hydrogen-bond donors (Lipinski definition) is 1. The Labute approximate surface area is 141 Å². The molecule has 0 aliphatic rings. The zero-order valence-corrected chi connectivity index (χ0v) is 13.3. The number of ether oxygens (including phenoxy) is 2. The van der Waals surface area contributed by atoms with Gasteiger partial charge in [-0.05, 0) is 19.1 Å². The van der Waals surface area contributed by atoms with Crippen LogP contribution in [0.25, 0.3) is 0 Å². The molecule has 0 atom stereocenters. The van der Waals surface area contributed by atoms with Gasteiger partial charge in [0.2, 0.25) is 0 Å². The highest BCUT2D eigenvalue weighted by Crippen LogP contribution is 2.35. The van der Waals surface area contributed by atoms with Gasteiger partial charge in [0.05, 0.1) is 19.4 Å². The fourth-order valence-electron chi connectivity index (χ4n) is 2.12. The average molecular weight is 347 g/mol. The summed E-state index contributed by atoms with van der Waals surface area (Å²) in [7, 11) is 1.44. The van der Waals surface area contributed by atoms with Gasteiger partial charge in [0, 0.05) is 6.07 Å². The van der Waals surface area contributed by atoms with Crippen molar-refractivity contribution >= 4 is 11.4 Å². The van der Waals surface area contributed by atoms with Crippen molar-refractivity contribution in [3.05, 3.63) is 46.8 Å². The predicted octanol–water partition coefficient (Wildman–Crippen LogP) is 4.00. The molecule has 0 aromatic heterocycles. The summed E-state index contributed by atoms with van der Waals surface area (Å²) >= 11 is 0. The Kier molecular flexibility index (Phi) is 5.35. The Hall–Kier alpha value is -3.39. The van der Waals surface area contributed by atoms with Crippen molar-refractivity contribution in [2.45, 2.75) is 6.92 Å². The van der Waals surface area contributed by atoms with Crippen molar-refractivity contribution < 1.29 is 22.6 Å². The number of benzene rings is 2. The van der Waals surface area contributed by atoms with Gasteiger partial charge in [0.25, 0.3) is 0 Å². The van der Waals surface area contributed by atoms with E-state index >= 15 is 0 Å². The van der Waals surface area contributed by atoms with Gasteiger partial charge in [-0.2, -0.15) is 10.5 Å². The van der Waals surface area contributed by atoms with Crippen molar-refractivity contribution in [1.82, 2.24) is 0 Å². The van der Waals surface area contributed by atoms with E-state index in [1.54, 1.807) is 6.92 Å². The minimum atomic E-state index is -1.61. The molecule has 0 aliphatic heterocycles. The molecule has 0 saturated carbocycles. The topological polar surface area (TPSA) is 78.1 Å². The molecule has 0 amide bonds. The van der Waals surface area contributed by atoms with Crippen molar-refractivity contribution in [3.8, 4) is 23.6 Å². The zero-order chi connectivity index (χ0) is 18.6. The second-order valence-electron chi connectivity index (χ2n) is 4.71. The molecule has 2 aromatic rings. The van der Waals surface area contributed by atoms with Crippen LogP contribution < -0.4 is 14.8 Å². The van der Waals surface area contributed by atoms with Crippen LogP contribution >= 0.6 is 0 Å². The van der Waals surface area contributed by atoms with Gasteiger partial charge in [0.15, 0.2) is 17.5 Å². The summed E-state index contributed by atoms with van der Waals surface area (Å²) in [5, 5.41) is 20.1. The van der Waals surface area contributed by atoms with E-state index in [0.29, 0.717) is 5.75 Å². The third kappa shape index (κ3) is 3.29. The molecule has 0 bridgehead atoms. The van der Waals surface area contributed by atoms with Crippen LogP contribution in [0.3, 0.4) is 0 Å². The molecule has 0 saturated heterocycles. The summed E-state index contributed by atoms with van der Waals surface area (Å²) in [6.07, 6.45) is 0. The fourth-order valence-corrected chi connectivity index (χ4v) is 2.12. The monoisotopic (exact) mass is 347 g/mol. The van der Waals surface area contributed by atoms with E-state index in [4.69, 9.17) is 20.0 Å². The maximum Gasteiger partial charge on any atom is 0.186 e. The molecule has 2 aromatic carbocycles. The van der Waals surface area contributed by atoms with Gasteiger partial charge in [-0.1, -0.05) is 0 Å². The highest BCUT2D eigenvalue weighted by Gasteiger charge is 2.26. The average Bonchev–Trinajstić information content (AvgIpc) is 2.62. The number of nitrogens with one attached hydrogen (secondary N) is 1. The molecule has 5 nitrogen and oxygen atoms in total. The fraction of sp³-hybridized carbons (Fsp3) is 0.176. The molecule has 0 fully saturated rings. The standard InChI is InChI=1S/C17H12F3N3O2/c1-3-25-13-6-9(24-2)4-5-12(13)23-17-15(19)11(8-22)10(7-21)14(18)16(17)20/h4-6,23H,3H2,1-2H3. The Balaban J connectivity index is 2.61. The first-order chi connectivity index (χ1) is 12.0. The van der Waals surface area contributed by atoms with E-state index in [0.717, 1.165) is 0 Å². The van der Waals surface area contributed by atoms with Crippen LogP contribution in [0.1, 0.15) is 18.1 Å². The number of halogens is 3. The van der Waals surface area contributed by atoms with Crippen LogP contribution in [0.5, 0.6) is 11.5 Å². The third-order valence-corrected chi connectivity index (χ3v) is 3.29. The summed E-state index contributed by atoms with van der Waals surface area (Å²) in [4.78, 5) is 0. The first-order valence-corrected chi connectivity index (χ1v) is 7.06. The number of rotatable bonds is 5. The maximum absolute atomic E-state index is 14.4. The molecular formula is C17H12F3N3O2. The van der Waals surface area contributed by atoms with Gasteiger partial charge in [-0.3, -0.25) is 0 Å². The lowest BCUT2D eigenvalue weighted by atomic mass is 10.1. The number of methoxy groups -OCH3 is 1. The Morgan fingerprint density at radius 1 is 1.04 bits per heavy atom. The van der Waals surface area contributed by atoms with Gasteiger partial charge in [0.1, 0.15) is 40.5 Å². The largest absolute Gasteiger partial charge is 0.497 e. The molecule has 25 heavy (non-hydrogen) atoms. The lowest BCUT2D eigenvalue weighted by Crippen LogP contribution is -2.07. The smallest absolute Gasteiger partial charge is 0.186 e. The molecule has 0 aliphatic carbocycles. The molecular weight excluding hydrogens is 335 g/mol.